The Kier molecular flexibility index (Phi) is 5.63. The van der Waals surface area contributed by atoms with Crippen LogP contribution in [0.3, 0.4) is 0 Å². The molecule has 8 nitrogen and oxygen atoms in total. The number of carbonyl (C=O) groups excluding carboxylic acids is 1. The topological polar surface area (TPSA) is 102 Å². The van der Waals surface area contributed by atoms with Crippen molar-refractivity contribution >= 4 is 22.5 Å². The van der Waals surface area contributed by atoms with Gasteiger partial charge >= 0.3 is 6.18 Å². The number of likely N-dealkylation sites (tertiary alicyclic amines) is 1. The first-order valence-corrected chi connectivity index (χ1v) is 13.9. The lowest BCUT2D eigenvalue weighted by Crippen LogP contribution is -2.41. The number of hydrogen-bond acceptors (Lipinski definition) is 5. The molecule has 216 valence electrons. The number of aryl methyl sites for hydroxylation is 1. The molecule has 1 saturated heterocycles. The van der Waals surface area contributed by atoms with Crippen LogP contribution in [0.1, 0.15) is 54.2 Å². The molecule has 4 aromatic rings. The highest BCUT2D eigenvalue weighted by atomic mass is 19.4. The third-order valence-electron chi connectivity index (χ3n) is 9.25. The van der Waals surface area contributed by atoms with Crippen LogP contribution >= 0.6 is 0 Å². The zero-order chi connectivity index (χ0) is 29.0. The van der Waals surface area contributed by atoms with Crippen molar-refractivity contribution in [1.82, 2.24) is 24.1 Å². The van der Waals surface area contributed by atoms with E-state index in [1.54, 1.807) is 17.9 Å². The molecule has 0 aromatic carbocycles. The largest absolute Gasteiger partial charge is 0.422 e. The normalized spacial score (nSPS) is 24.1. The number of nitrogens with two attached hydrogens (primary N) is 1. The van der Waals surface area contributed by atoms with Crippen molar-refractivity contribution in [3.05, 3.63) is 53.1 Å². The molecule has 4 aromatic heterocycles. The fourth-order valence-corrected chi connectivity index (χ4v) is 6.56. The molecule has 1 amide bonds. The summed E-state index contributed by atoms with van der Waals surface area (Å²) in [6, 6.07) is 5.58. The Morgan fingerprint density at radius 1 is 1.17 bits per heavy atom. The summed E-state index contributed by atoms with van der Waals surface area (Å²) < 4.78 is 59.5. The summed E-state index contributed by atoms with van der Waals surface area (Å²) in [5.41, 5.74) is 4.90. The zero-order valence-corrected chi connectivity index (χ0v) is 22.6. The number of fused-ring (bicyclic) bond motifs is 4. The van der Waals surface area contributed by atoms with Crippen molar-refractivity contribution in [1.29, 1.82) is 0 Å². The van der Waals surface area contributed by atoms with E-state index in [4.69, 9.17) is 5.73 Å². The minimum absolute atomic E-state index is 0.0465. The van der Waals surface area contributed by atoms with Crippen molar-refractivity contribution < 1.29 is 27.5 Å². The second kappa shape index (κ2) is 8.75. The quantitative estimate of drug-likeness (QED) is 0.343. The monoisotopic (exact) mass is 570 g/mol. The van der Waals surface area contributed by atoms with Gasteiger partial charge in [-0.25, -0.2) is 13.9 Å². The summed E-state index contributed by atoms with van der Waals surface area (Å²) in [5, 5.41) is 15.5. The lowest BCUT2D eigenvalue weighted by Gasteiger charge is -2.27. The van der Waals surface area contributed by atoms with Gasteiger partial charge in [-0.3, -0.25) is 4.79 Å². The molecule has 3 fully saturated rings. The van der Waals surface area contributed by atoms with E-state index in [1.165, 1.54) is 28.9 Å². The smallest absolute Gasteiger partial charge is 0.375 e. The van der Waals surface area contributed by atoms with Crippen molar-refractivity contribution in [3.8, 4) is 11.4 Å². The molecular formula is C29H30F4N6O2. The minimum Gasteiger partial charge on any atom is -0.375 e. The SMILES string of the molecule is Cc1c(-c2cc3ccc(C(C)(O)C(F)(F)F)nc3n2CC2CC2)nn2cc(C(=O)N3CC4CCC3[C@@H]4N)cc(F)c12. The van der Waals surface area contributed by atoms with Crippen molar-refractivity contribution in [2.24, 2.45) is 17.6 Å². The molecule has 4 atom stereocenters. The fourth-order valence-electron chi connectivity index (χ4n) is 6.56. The Labute approximate surface area is 232 Å². The number of aliphatic hydroxyl groups is 1. The molecule has 2 bridgehead atoms. The van der Waals surface area contributed by atoms with Gasteiger partial charge in [-0.15, -0.1) is 0 Å². The van der Waals surface area contributed by atoms with Gasteiger partial charge in [-0.2, -0.15) is 18.3 Å². The Hall–Kier alpha value is -3.51. The molecule has 1 aliphatic heterocycles. The highest BCUT2D eigenvalue weighted by Crippen LogP contribution is 2.41. The number of hydrogen-bond donors (Lipinski definition) is 2. The summed E-state index contributed by atoms with van der Waals surface area (Å²) in [4.78, 5) is 19.4. The maximum absolute atomic E-state index is 15.6. The molecule has 2 aliphatic carbocycles. The predicted octanol–water partition coefficient (Wildman–Crippen LogP) is 4.54. The van der Waals surface area contributed by atoms with E-state index in [9.17, 15) is 23.1 Å². The third-order valence-corrected chi connectivity index (χ3v) is 9.25. The molecular weight excluding hydrogens is 540 g/mol. The molecule has 0 spiro atoms. The van der Waals surface area contributed by atoms with Gasteiger partial charge in [0, 0.05) is 42.3 Å². The summed E-state index contributed by atoms with van der Waals surface area (Å²) >= 11 is 0. The second-order valence-corrected chi connectivity index (χ2v) is 12.0. The molecule has 3 unspecified atom stereocenters. The fraction of sp³-hybridized carbons (Fsp3) is 0.483. The number of amides is 1. The molecule has 0 radical (unpaired) electrons. The average molecular weight is 571 g/mol. The van der Waals surface area contributed by atoms with E-state index >= 15 is 4.39 Å². The number of pyridine rings is 2. The average Bonchev–Trinajstić information content (AvgIpc) is 3.31. The Morgan fingerprint density at radius 2 is 1.93 bits per heavy atom. The number of alkyl halides is 3. The van der Waals surface area contributed by atoms with E-state index in [-0.39, 0.29) is 35.0 Å². The predicted molar refractivity (Wildman–Crippen MR) is 142 cm³/mol. The van der Waals surface area contributed by atoms with Gasteiger partial charge in [0.2, 0.25) is 0 Å². The number of piperidine rings is 1. The molecule has 2 saturated carbocycles. The molecule has 3 N–H and O–H groups in total. The molecule has 41 heavy (non-hydrogen) atoms. The standard InChI is InChI=1S/C29H30F4N6O2/c1-14-24(36-39-13-18(9-19(30)25(14)39)27(40)38-12-17-5-7-20(38)23(17)34)21-10-16-6-8-22(28(2,41)29(31,32)33)35-26(16)37(21)11-15-3-4-15/h6,8-10,13,15,17,20,23,41H,3-5,7,11-12,34H2,1-2H3/t17?,20?,23-,28?/m1/s1. The highest BCUT2D eigenvalue weighted by molar-refractivity contribution is 5.95. The van der Waals surface area contributed by atoms with Crippen LogP contribution < -0.4 is 5.73 Å². The van der Waals surface area contributed by atoms with Crippen LogP contribution in [-0.4, -0.2) is 59.9 Å². The van der Waals surface area contributed by atoms with Crippen LogP contribution in [-0.2, 0) is 12.1 Å². The second-order valence-electron chi connectivity index (χ2n) is 12.0. The van der Waals surface area contributed by atoms with E-state index in [0.29, 0.717) is 53.9 Å². The van der Waals surface area contributed by atoms with Gasteiger partial charge in [-0.05, 0) is 75.6 Å². The number of rotatable bonds is 5. The van der Waals surface area contributed by atoms with E-state index in [1.807, 2.05) is 4.57 Å². The summed E-state index contributed by atoms with van der Waals surface area (Å²) in [6.07, 6.45) is 0.405. The van der Waals surface area contributed by atoms with Crippen molar-refractivity contribution in [3.63, 3.8) is 0 Å². The Balaban J connectivity index is 1.33. The maximum Gasteiger partial charge on any atom is 0.422 e. The first-order chi connectivity index (χ1) is 19.3. The minimum atomic E-state index is -4.91. The Bertz CT molecular complexity index is 1720. The van der Waals surface area contributed by atoms with Crippen LogP contribution in [0.25, 0.3) is 27.9 Å². The van der Waals surface area contributed by atoms with E-state index < -0.39 is 23.3 Å². The van der Waals surface area contributed by atoms with Gasteiger partial charge in [0.25, 0.3) is 5.91 Å². The number of nitrogens with zero attached hydrogens (tertiary/aromatic N) is 5. The van der Waals surface area contributed by atoms with E-state index in [2.05, 4.69) is 10.1 Å². The number of carbonyl (C=O) groups is 1. The summed E-state index contributed by atoms with van der Waals surface area (Å²) in [7, 11) is 0. The summed E-state index contributed by atoms with van der Waals surface area (Å²) in [6.45, 7) is 3.48. The van der Waals surface area contributed by atoms with Crippen LogP contribution in [0.5, 0.6) is 0 Å². The Morgan fingerprint density at radius 3 is 2.56 bits per heavy atom. The molecule has 7 rings (SSSR count). The van der Waals surface area contributed by atoms with E-state index in [0.717, 1.165) is 25.7 Å². The first-order valence-electron chi connectivity index (χ1n) is 13.9. The van der Waals surface area contributed by atoms with Crippen LogP contribution in [0.4, 0.5) is 17.6 Å². The first kappa shape index (κ1) is 26.4. The lowest BCUT2D eigenvalue weighted by molar-refractivity contribution is -0.260. The lowest BCUT2D eigenvalue weighted by atomic mass is 10.0. The van der Waals surface area contributed by atoms with Gasteiger partial charge in [0.1, 0.15) is 22.7 Å². The van der Waals surface area contributed by atoms with Gasteiger partial charge < -0.3 is 20.3 Å². The van der Waals surface area contributed by atoms with Gasteiger partial charge in [-0.1, -0.05) is 0 Å². The highest BCUT2D eigenvalue weighted by Gasteiger charge is 2.52. The van der Waals surface area contributed by atoms with Crippen molar-refractivity contribution in [2.75, 3.05) is 6.54 Å². The van der Waals surface area contributed by atoms with Crippen LogP contribution in [0, 0.1) is 24.6 Å². The number of aromatic nitrogens is 4. The van der Waals surface area contributed by atoms with Crippen LogP contribution in [0.2, 0.25) is 0 Å². The number of halogens is 4. The van der Waals surface area contributed by atoms with Gasteiger partial charge in [0.05, 0.1) is 17.0 Å². The van der Waals surface area contributed by atoms with Gasteiger partial charge in [0.15, 0.2) is 5.60 Å². The zero-order valence-electron chi connectivity index (χ0n) is 22.6. The molecule has 5 heterocycles. The van der Waals surface area contributed by atoms with Crippen molar-refractivity contribution in [2.45, 2.75) is 69.9 Å². The van der Waals surface area contributed by atoms with Crippen LogP contribution in [0.15, 0.2) is 30.5 Å². The molecule has 3 aliphatic rings. The third kappa shape index (κ3) is 3.98. The maximum atomic E-state index is 15.6. The molecule has 12 heteroatoms. The summed E-state index contributed by atoms with van der Waals surface area (Å²) in [5.74, 6) is -0.275.